The van der Waals surface area contributed by atoms with Crippen LogP contribution in [0.2, 0.25) is 5.02 Å². The Kier molecular flexibility index (Phi) is 5.79. The number of rotatable bonds is 6. The zero-order valence-electron chi connectivity index (χ0n) is 14.4. The molecule has 0 radical (unpaired) electrons. The predicted molar refractivity (Wildman–Crippen MR) is 97.8 cm³/mol. The normalized spacial score (nSPS) is 20.2. The van der Waals surface area contributed by atoms with Crippen LogP contribution in [-0.4, -0.2) is 24.7 Å². The number of carbonyl (C=O) groups excluding carboxylic acids is 1. The van der Waals surface area contributed by atoms with E-state index in [-0.39, 0.29) is 30.1 Å². The minimum Gasteiger partial charge on any atom is -0.496 e. The van der Waals surface area contributed by atoms with Crippen LogP contribution in [-0.2, 0) is 4.79 Å². The van der Waals surface area contributed by atoms with Gasteiger partial charge < -0.3 is 15.2 Å². The third kappa shape index (κ3) is 4.00. The number of halogens is 2. The van der Waals surface area contributed by atoms with Crippen molar-refractivity contribution >= 4 is 17.5 Å². The minimum absolute atomic E-state index is 0.0716. The lowest BCUT2D eigenvalue weighted by Crippen LogP contribution is -2.41. The number of carbonyl (C=O) groups is 1. The summed E-state index contributed by atoms with van der Waals surface area (Å²) < 4.78 is 18.3. The van der Waals surface area contributed by atoms with Gasteiger partial charge in [0.1, 0.15) is 11.6 Å². The van der Waals surface area contributed by atoms with Gasteiger partial charge >= 0.3 is 0 Å². The van der Waals surface area contributed by atoms with Gasteiger partial charge in [0, 0.05) is 23.0 Å². The second-order valence-electron chi connectivity index (χ2n) is 6.49. The fourth-order valence-electron chi connectivity index (χ4n) is 3.33. The summed E-state index contributed by atoms with van der Waals surface area (Å²) in [6.07, 6.45) is 0.760. The third-order valence-electron chi connectivity index (χ3n) is 4.93. The highest BCUT2D eigenvalue weighted by atomic mass is 35.5. The summed E-state index contributed by atoms with van der Waals surface area (Å²) in [5, 5.41) is 13.7. The summed E-state index contributed by atoms with van der Waals surface area (Å²) in [4.78, 5) is 12.5. The molecule has 0 aliphatic heterocycles. The molecule has 3 unspecified atom stereocenters. The molecule has 3 atom stereocenters. The van der Waals surface area contributed by atoms with E-state index in [1.807, 2.05) is 0 Å². The molecule has 0 spiro atoms. The maximum absolute atomic E-state index is 13.1. The van der Waals surface area contributed by atoms with Gasteiger partial charge in [0.15, 0.2) is 0 Å². The largest absolute Gasteiger partial charge is 0.496 e. The Morgan fingerprint density at radius 2 is 2.04 bits per heavy atom. The molecule has 0 aromatic heterocycles. The van der Waals surface area contributed by atoms with Gasteiger partial charge in [-0.15, -0.1) is 0 Å². The highest BCUT2D eigenvalue weighted by molar-refractivity contribution is 6.30. The molecule has 1 aliphatic carbocycles. The summed E-state index contributed by atoms with van der Waals surface area (Å²) in [6.45, 7) is 0.0716. The molecule has 6 heteroatoms. The van der Waals surface area contributed by atoms with Crippen molar-refractivity contribution in [2.75, 3.05) is 13.7 Å². The Bertz CT molecular complexity index is 781. The van der Waals surface area contributed by atoms with Gasteiger partial charge in [-0.3, -0.25) is 4.79 Å². The lowest BCUT2D eigenvalue weighted by molar-refractivity contribution is -0.128. The van der Waals surface area contributed by atoms with E-state index >= 15 is 0 Å². The molecule has 1 saturated carbocycles. The van der Waals surface area contributed by atoms with Crippen molar-refractivity contribution in [3.63, 3.8) is 0 Å². The van der Waals surface area contributed by atoms with Crippen LogP contribution in [0.25, 0.3) is 0 Å². The molecule has 26 heavy (non-hydrogen) atoms. The van der Waals surface area contributed by atoms with Crippen LogP contribution in [0.15, 0.2) is 42.5 Å². The second kappa shape index (κ2) is 8.06. The summed E-state index contributed by atoms with van der Waals surface area (Å²) >= 11 is 5.98. The fourth-order valence-corrected chi connectivity index (χ4v) is 3.51. The van der Waals surface area contributed by atoms with Crippen molar-refractivity contribution in [1.29, 1.82) is 0 Å². The van der Waals surface area contributed by atoms with E-state index in [1.165, 1.54) is 19.2 Å². The number of aliphatic hydroxyl groups is 1. The van der Waals surface area contributed by atoms with Crippen molar-refractivity contribution in [3.8, 4) is 5.75 Å². The topological polar surface area (TPSA) is 58.6 Å². The summed E-state index contributed by atoms with van der Waals surface area (Å²) in [5.74, 6) is 0.0598. The van der Waals surface area contributed by atoms with Crippen LogP contribution in [0.5, 0.6) is 5.75 Å². The first-order valence-corrected chi connectivity index (χ1v) is 8.92. The van der Waals surface area contributed by atoms with Crippen LogP contribution in [0.1, 0.15) is 36.0 Å². The lowest BCUT2D eigenvalue weighted by Gasteiger charge is -2.36. The Morgan fingerprint density at radius 3 is 2.65 bits per heavy atom. The Hall–Kier alpha value is -2.11. The number of methoxy groups -OCH3 is 1. The summed E-state index contributed by atoms with van der Waals surface area (Å²) in [7, 11) is 1.51. The number of ether oxygens (including phenoxy) is 1. The van der Waals surface area contributed by atoms with Gasteiger partial charge in [-0.2, -0.15) is 0 Å². The minimum atomic E-state index is -0.919. The van der Waals surface area contributed by atoms with Gasteiger partial charge in [0.05, 0.1) is 13.2 Å². The van der Waals surface area contributed by atoms with E-state index in [1.54, 1.807) is 30.3 Å². The van der Waals surface area contributed by atoms with Gasteiger partial charge in [0.2, 0.25) is 5.91 Å². The Morgan fingerprint density at radius 1 is 1.31 bits per heavy atom. The predicted octanol–water partition coefficient (Wildman–Crippen LogP) is 3.83. The molecular formula is C20H21ClFNO3. The first-order valence-electron chi connectivity index (χ1n) is 8.54. The fraction of sp³-hybridized carbons (Fsp3) is 0.350. The van der Waals surface area contributed by atoms with Crippen molar-refractivity contribution < 1.29 is 19.0 Å². The molecule has 0 saturated heterocycles. The van der Waals surface area contributed by atoms with Gasteiger partial charge in [-0.25, -0.2) is 4.39 Å². The van der Waals surface area contributed by atoms with Crippen molar-refractivity contribution in [2.45, 2.75) is 24.9 Å². The molecule has 2 aromatic rings. The average Bonchev–Trinajstić information content (AvgIpc) is 2.60. The molecule has 1 aliphatic rings. The Balaban J connectivity index is 1.60. The average molecular weight is 378 g/mol. The van der Waals surface area contributed by atoms with Gasteiger partial charge in [0.25, 0.3) is 0 Å². The van der Waals surface area contributed by atoms with E-state index in [0.29, 0.717) is 16.3 Å². The van der Waals surface area contributed by atoms with E-state index in [9.17, 15) is 14.3 Å². The second-order valence-corrected chi connectivity index (χ2v) is 6.93. The SMILES string of the molecule is COc1ccc(Cl)cc1C(O)CNC(=O)C1CCC1c1ccc(F)cc1. The van der Waals surface area contributed by atoms with Gasteiger partial charge in [-0.05, 0) is 54.7 Å². The molecule has 0 heterocycles. The highest BCUT2D eigenvalue weighted by Gasteiger charge is 2.37. The quantitative estimate of drug-likeness (QED) is 0.804. The summed E-state index contributed by atoms with van der Waals surface area (Å²) in [5.41, 5.74) is 1.50. The first kappa shape index (κ1) is 18.7. The van der Waals surface area contributed by atoms with Crippen molar-refractivity contribution in [1.82, 2.24) is 5.32 Å². The molecule has 0 bridgehead atoms. The van der Waals surface area contributed by atoms with Crippen LogP contribution in [0, 0.1) is 11.7 Å². The first-order chi connectivity index (χ1) is 12.5. The van der Waals surface area contributed by atoms with E-state index < -0.39 is 6.10 Å². The maximum Gasteiger partial charge on any atom is 0.223 e. The van der Waals surface area contributed by atoms with Crippen LogP contribution in [0.3, 0.4) is 0 Å². The molecule has 3 rings (SSSR count). The van der Waals surface area contributed by atoms with E-state index in [2.05, 4.69) is 5.32 Å². The molecule has 1 fully saturated rings. The van der Waals surface area contributed by atoms with Gasteiger partial charge in [-0.1, -0.05) is 23.7 Å². The smallest absolute Gasteiger partial charge is 0.223 e. The molecule has 2 N–H and O–H groups in total. The van der Waals surface area contributed by atoms with Crippen molar-refractivity contribution in [2.24, 2.45) is 5.92 Å². The monoisotopic (exact) mass is 377 g/mol. The zero-order chi connectivity index (χ0) is 18.7. The molecule has 1 amide bonds. The third-order valence-corrected chi connectivity index (χ3v) is 5.16. The highest BCUT2D eigenvalue weighted by Crippen LogP contribution is 2.42. The number of benzene rings is 2. The number of nitrogens with one attached hydrogen (secondary N) is 1. The van der Waals surface area contributed by atoms with Crippen LogP contribution in [0.4, 0.5) is 4.39 Å². The number of aliphatic hydroxyl groups excluding tert-OH is 1. The zero-order valence-corrected chi connectivity index (χ0v) is 15.2. The molecule has 138 valence electrons. The van der Waals surface area contributed by atoms with E-state index in [4.69, 9.17) is 16.3 Å². The van der Waals surface area contributed by atoms with Crippen molar-refractivity contribution in [3.05, 3.63) is 64.4 Å². The molecule has 4 nitrogen and oxygen atoms in total. The molecule has 2 aromatic carbocycles. The number of amides is 1. The lowest BCUT2D eigenvalue weighted by atomic mass is 9.69. The number of hydrogen-bond donors (Lipinski definition) is 2. The number of hydrogen-bond acceptors (Lipinski definition) is 3. The van der Waals surface area contributed by atoms with Crippen LogP contribution >= 0.6 is 11.6 Å². The standard InChI is InChI=1S/C20H21ClFNO3/c1-26-19-9-4-13(21)10-17(19)18(24)11-23-20(25)16-8-7-15(16)12-2-5-14(22)6-3-12/h2-6,9-10,15-16,18,24H,7-8,11H2,1H3,(H,23,25). The molecular weight excluding hydrogens is 357 g/mol. The van der Waals surface area contributed by atoms with Crippen LogP contribution < -0.4 is 10.1 Å². The maximum atomic E-state index is 13.1. The van der Waals surface area contributed by atoms with E-state index in [0.717, 1.165) is 18.4 Å². The Labute approximate surface area is 156 Å². The summed E-state index contributed by atoms with van der Waals surface area (Å²) in [6, 6.07) is 11.3.